The van der Waals surface area contributed by atoms with Gasteiger partial charge in [-0.15, -0.1) is 0 Å². The molecule has 0 radical (unpaired) electrons. The average Bonchev–Trinajstić information content (AvgIpc) is 3.13. The van der Waals surface area contributed by atoms with Gasteiger partial charge in [0.2, 0.25) is 0 Å². The molecule has 120 valence electrons. The van der Waals surface area contributed by atoms with Crippen LogP contribution in [0.4, 0.5) is 0 Å². The Hall–Kier alpha value is -2.40. The lowest BCUT2D eigenvalue weighted by atomic mass is 10.2. The second-order valence-corrected chi connectivity index (χ2v) is 5.51. The van der Waals surface area contributed by atoms with Crippen LogP contribution < -0.4 is 10.1 Å². The molecule has 1 saturated heterocycles. The van der Waals surface area contributed by atoms with Crippen LogP contribution in [0.15, 0.2) is 48.8 Å². The Morgan fingerprint density at radius 3 is 2.70 bits per heavy atom. The minimum absolute atomic E-state index is 0.0822. The van der Waals surface area contributed by atoms with E-state index in [2.05, 4.69) is 10.3 Å². The number of aromatic nitrogens is 1. The van der Waals surface area contributed by atoms with Crippen molar-refractivity contribution >= 4 is 5.91 Å². The van der Waals surface area contributed by atoms with Gasteiger partial charge in [-0.2, -0.15) is 0 Å². The van der Waals surface area contributed by atoms with Gasteiger partial charge >= 0.3 is 0 Å². The summed E-state index contributed by atoms with van der Waals surface area (Å²) in [5, 5.41) is 2.91. The third-order valence-corrected chi connectivity index (χ3v) is 3.79. The Morgan fingerprint density at radius 2 is 2.00 bits per heavy atom. The summed E-state index contributed by atoms with van der Waals surface area (Å²) in [5.74, 6) is 0.652. The molecule has 1 amide bonds. The van der Waals surface area contributed by atoms with E-state index in [1.54, 1.807) is 24.5 Å². The molecule has 5 heteroatoms. The maximum absolute atomic E-state index is 12.1. The molecule has 23 heavy (non-hydrogen) atoms. The first-order valence-corrected chi connectivity index (χ1v) is 7.83. The molecule has 5 nitrogen and oxygen atoms in total. The zero-order chi connectivity index (χ0) is 15.9. The van der Waals surface area contributed by atoms with Crippen LogP contribution in [0.5, 0.6) is 5.75 Å². The number of carbonyl (C=O) groups is 1. The zero-order valence-corrected chi connectivity index (χ0v) is 12.9. The summed E-state index contributed by atoms with van der Waals surface area (Å²) in [5.41, 5.74) is 1.68. The van der Waals surface area contributed by atoms with Crippen LogP contribution >= 0.6 is 0 Å². The molecule has 2 heterocycles. The van der Waals surface area contributed by atoms with E-state index in [0.29, 0.717) is 18.7 Å². The van der Waals surface area contributed by atoms with Crippen molar-refractivity contribution in [1.82, 2.24) is 10.3 Å². The first-order chi connectivity index (χ1) is 11.3. The van der Waals surface area contributed by atoms with Crippen LogP contribution in [0.25, 0.3) is 0 Å². The van der Waals surface area contributed by atoms with E-state index in [4.69, 9.17) is 9.47 Å². The molecule has 1 aliphatic heterocycles. The summed E-state index contributed by atoms with van der Waals surface area (Å²) in [6.07, 6.45) is 5.72. The molecule has 1 atom stereocenters. The van der Waals surface area contributed by atoms with Gasteiger partial charge in [0.15, 0.2) is 0 Å². The lowest BCUT2D eigenvalue weighted by molar-refractivity contribution is 0.0857. The molecule has 0 spiro atoms. The highest BCUT2D eigenvalue weighted by molar-refractivity contribution is 5.94. The van der Waals surface area contributed by atoms with Crippen LogP contribution in [0.2, 0.25) is 0 Å². The topological polar surface area (TPSA) is 60.5 Å². The van der Waals surface area contributed by atoms with Crippen molar-refractivity contribution in [3.05, 3.63) is 59.9 Å². The number of hydrogen-bond donors (Lipinski definition) is 1. The van der Waals surface area contributed by atoms with Crippen molar-refractivity contribution in [3.63, 3.8) is 0 Å². The third-order valence-electron chi connectivity index (χ3n) is 3.79. The maximum atomic E-state index is 12.1. The number of pyridine rings is 1. The fraction of sp³-hybridized carbons (Fsp3) is 0.333. The zero-order valence-electron chi connectivity index (χ0n) is 12.9. The molecular weight excluding hydrogens is 292 g/mol. The summed E-state index contributed by atoms with van der Waals surface area (Å²) < 4.78 is 11.2. The molecule has 1 aromatic heterocycles. The smallest absolute Gasteiger partial charge is 0.251 e. The highest BCUT2D eigenvalue weighted by Gasteiger charge is 2.16. The summed E-state index contributed by atoms with van der Waals surface area (Å²) >= 11 is 0. The molecule has 1 unspecified atom stereocenters. The molecule has 0 aliphatic carbocycles. The van der Waals surface area contributed by atoms with Gasteiger partial charge in [0.1, 0.15) is 12.4 Å². The highest BCUT2D eigenvalue weighted by Crippen LogP contribution is 2.15. The number of nitrogens with zero attached hydrogens (tertiary/aromatic N) is 1. The standard InChI is InChI=1S/C18H20N2O3/c21-18(20-12-17-2-1-11-22-17)15-3-5-16(6-4-15)23-13-14-7-9-19-10-8-14/h3-10,17H,1-2,11-13H2,(H,20,21). The van der Waals surface area contributed by atoms with Gasteiger partial charge in [-0.1, -0.05) is 0 Å². The van der Waals surface area contributed by atoms with Crippen molar-refractivity contribution in [2.75, 3.05) is 13.2 Å². The molecule has 1 aliphatic rings. The van der Waals surface area contributed by atoms with E-state index in [1.165, 1.54) is 0 Å². The van der Waals surface area contributed by atoms with Crippen molar-refractivity contribution in [2.45, 2.75) is 25.6 Å². The largest absolute Gasteiger partial charge is 0.489 e. The molecule has 3 rings (SSSR count). The van der Waals surface area contributed by atoms with Gasteiger partial charge in [-0.25, -0.2) is 0 Å². The van der Waals surface area contributed by atoms with Gasteiger partial charge in [-0.3, -0.25) is 9.78 Å². The Labute approximate surface area is 135 Å². The SMILES string of the molecule is O=C(NCC1CCCO1)c1ccc(OCc2ccncc2)cc1. The number of rotatable bonds is 6. The molecule has 1 fully saturated rings. The van der Waals surface area contributed by atoms with Crippen molar-refractivity contribution in [3.8, 4) is 5.75 Å². The van der Waals surface area contributed by atoms with Crippen LogP contribution in [-0.2, 0) is 11.3 Å². The highest BCUT2D eigenvalue weighted by atomic mass is 16.5. The number of ether oxygens (including phenoxy) is 2. The molecule has 0 bridgehead atoms. The predicted molar refractivity (Wildman–Crippen MR) is 86.3 cm³/mol. The normalized spacial score (nSPS) is 17.0. The van der Waals surface area contributed by atoms with Crippen molar-refractivity contribution in [2.24, 2.45) is 0 Å². The van der Waals surface area contributed by atoms with Gasteiger partial charge in [0.05, 0.1) is 6.10 Å². The number of amides is 1. The third kappa shape index (κ3) is 4.53. The first kappa shape index (κ1) is 15.5. The van der Waals surface area contributed by atoms with Gasteiger partial charge in [0.25, 0.3) is 5.91 Å². The van der Waals surface area contributed by atoms with Gasteiger partial charge < -0.3 is 14.8 Å². The van der Waals surface area contributed by atoms with Crippen molar-refractivity contribution < 1.29 is 14.3 Å². The average molecular weight is 312 g/mol. The number of nitrogens with one attached hydrogen (secondary N) is 1. The van der Waals surface area contributed by atoms with Crippen LogP contribution in [0, 0.1) is 0 Å². The number of carbonyl (C=O) groups excluding carboxylic acids is 1. The molecule has 1 aromatic carbocycles. The first-order valence-electron chi connectivity index (χ1n) is 7.83. The number of hydrogen-bond acceptors (Lipinski definition) is 4. The van der Waals surface area contributed by atoms with E-state index in [1.807, 2.05) is 24.3 Å². The summed E-state index contributed by atoms with van der Waals surface area (Å²) in [6.45, 7) is 1.84. The van der Waals surface area contributed by atoms with Gasteiger partial charge in [-0.05, 0) is 54.8 Å². The van der Waals surface area contributed by atoms with E-state index in [9.17, 15) is 4.79 Å². The van der Waals surface area contributed by atoms with E-state index in [-0.39, 0.29) is 12.0 Å². The van der Waals surface area contributed by atoms with Crippen molar-refractivity contribution in [1.29, 1.82) is 0 Å². The Balaban J connectivity index is 1.49. The summed E-state index contributed by atoms with van der Waals surface area (Å²) in [7, 11) is 0. The monoisotopic (exact) mass is 312 g/mol. The predicted octanol–water partition coefficient (Wildman–Crippen LogP) is 2.57. The quantitative estimate of drug-likeness (QED) is 0.890. The lowest BCUT2D eigenvalue weighted by Crippen LogP contribution is -2.31. The summed E-state index contributed by atoms with van der Waals surface area (Å²) in [6, 6.07) is 11.0. The Morgan fingerprint density at radius 1 is 1.22 bits per heavy atom. The fourth-order valence-electron chi connectivity index (χ4n) is 2.46. The lowest BCUT2D eigenvalue weighted by Gasteiger charge is -2.11. The number of benzene rings is 1. The molecule has 1 N–H and O–H groups in total. The van der Waals surface area contributed by atoms with E-state index in [0.717, 1.165) is 30.8 Å². The molecule has 0 saturated carbocycles. The van der Waals surface area contributed by atoms with Crippen LogP contribution in [0.3, 0.4) is 0 Å². The summed E-state index contributed by atoms with van der Waals surface area (Å²) in [4.78, 5) is 16.0. The molecule has 2 aromatic rings. The van der Waals surface area contributed by atoms with Gasteiger partial charge in [0, 0.05) is 31.1 Å². The Kier molecular flexibility index (Phi) is 5.21. The van der Waals surface area contributed by atoms with E-state index >= 15 is 0 Å². The second-order valence-electron chi connectivity index (χ2n) is 5.51. The van der Waals surface area contributed by atoms with E-state index < -0.39 is 0 Å². The van der Waals surface area contributed by atoms with Crippen LogP contribution in [0.1, 0.15) is 28.8 Å². The second kappa shape index (κ2) is 7.74. The Bertz CT molecular complexity index is 622. The fourth-order valence-corrected chi connectivity index (χ4v) is 2.46. The minimum Gasteiger partial charge on any atom is -0.489 e. The van der Waals surface area contributed by atoms with Crippen LogP contribution in [-0.4, -0.2) is 30.1 Å². The maximum Gasteiger partial charge on any atom is 0.251 e. The molecular formula is C18H20N2O3. The minimum atomic E-state index is -0.0822.